The first-order chi connectivity index (χ1) is 8.97. The Morgan fingerprint density at radius 3 is 2.58 bits per heavy atom. The van der Waals surface area contributed by atoms with Crippen molar-refractivity contribution in [3.05, 3.63) is 27.2 Å². The Labute approximate surface area is 112 Å². The number of nitrogens with zero attached hydrogens (tertiary/aromatic N) is 3. The van der Waals surface area contributed by atoms with Crippen molar-refractivity contribution in [1.29, 1.82) is 5.26 Å². The van der Waals surface area contributed by atoms with E-state index < -0.39 is 11.2 Å². The molecule has 5 nitrogen and oxygen atoms in total. The van der Waals surface area contributed by atoms with Crippen molar-refractivity contribution in [3.8, 4) is 6.07 Å². The molecule has 0 aromatic carbocycles. The van der Waals surface area contributed by atoms with E-state index in [0.717, 1.165) is 19.3 Å². The molecule has 0 saturated heterocycles. The predicted octanol–water partition coefficient (Wildman–Crippen LogP) is 1.43. The van der Waals surface area contributed by atoms with Gasteiger partial charge in [-0.25, -0.2) is 4.68 Å². The van der Waals surface area contributed by atoms with E-state index in [1.807, 2.05) is 6.07 Å². The van der Waals surface area contributed by atoms with Gasteiger partial charge in [-0.1, -0.05) is 19.3 Å². The second-order valence-corrected chi connectivity index (χ2v) is 5.45. The summed E-state index contributed by atoms with van der Waals surface area (Å²) >= 11 is 0. The lowest BCUT2D eigenvalue weighted by atomic mass is 9.85. The minimum atomic E-state index is -0.858. The first-order valence-corrected chi connectivity index (χ1v) is 6.68. The van der Waals surface area contributed by atoms with E-state index in [1.165, 1.54) is 4.68 Å². The first kappa shape index (κ1) is 13.8. The molecule has 5 heteroatoms. The molecule has 0 amide bonds. The summed E-state index contributed by atoms with van der Waals surface area (Å²) in [5.74, 6) is 0. The van der Waals surface area contributed by atoms with E-state index in [9.17, 15) is 9.90 Å². The van der Waals surface area contributed by atoms with Crippen LogP contribution in [-0.4, -0.2) is 20.5 Å². The van der Waals surface area contributed by atoms with Crippen molar-refractivity contribution in [2.75, 3.05) is 0 Å². The summed E-state index contributed by atoms with van der Waals surface area (Å²) in [5, 5.41) is 23.8. The van der Waals surface area contributed by atoms with E-state index >= 15 is 0 Å². The number of aromatic nitrogens is 2. The first-order valence-electron chi connectivity index (χ1n) is 6.68. The lowest BCUT2D eigenvalue weighted by Crippen LogP contribution is -2.41. The van der Waals surface area contributed by atoms with Crippen LogP contribution in [0.4, 0.5) is 0 Å². The number of hydrogen-bond donors (Lipinski definition) is 1. The molecule has 19 heavy (non-hydrogen) atoms. The van der Waals surface area contributed by atoms with Gasteiger partial charge in [0.15, 0.2) is 0 Å². The second kappa shape index (κ2) is 5.14. The van der Waals surface area contributed by atoms with Crippen molar-refractivity contribution >= 4 is 0 Å². The standard InChI is InChI=1S/C14H19N3O2/c1-10-11(2)16-17(13(18)12(10)8-15)9-14(19)6-4-3-5-7-14/h19H,3-7,9H2,1-2H3. The van der Waals surface area contributed by atoms with Crippen LogP contribution in [0.5, 0.6) is 0 Å². The lowest BCUT2D eigenvalue weighted by Gasteiger charge is -2.32. The molecule has 1 saturated carbocycles. The lowest BCUT2D eigenvalue weighted by molar-refractivity contribution is -0.0155. The zero-order valence-electron chi connectivity index (χ0n) is 11.4. The SMILES string of the molecule is Cc1nn(CC2(O)CCCCC2)c(=O)c(C#N)c1C. The largest absolute Gasteiger partial charge is 0.388 e. The van der Waals surface area contributed by atoms with Crippen molar-refractivity contribution in [2.24, 2.45) is 0 Å². The predicted molar refractivity (Wildman–Crippen MR) is 70.7 cm³/mol. The highest BCUT2D eigenvalue weighted by Crippen LogP contribution is 2.29. The van der Waals surface area contributed by atoms with Crippen LogP contribution >= 0.6 is 0 Å². The molecule has 1 N–H and O–H groups in total. The van der Waals surface area contributed by atoms with Gasteiger partial charge in [0.05, 0.1) is 17.8 Å². The Morgan fingerprint density at radius 2 is 2.00 bits per heavy atom. The van der Waals surface area contributed by atoms with Gasteiger partial charge in [-0.05, 0) is 32.3 Å². The van der Waals surface area contributed by atoms with Crippen LogP contribution in [0.3, 0.4) is 0 Å². The Morgan fingerprint density at radius 1 is 1.37 bits per heavy atom. The summed E-state index contributed by atoms with van der Waals surface area (Å²) in [6, 6.07) is 1.94. The summed E-state index contributed by atoms with van der Waals surface area (Å²) in [6.45, 7) is 3.68. The average molecular weight is 261 g/mol. The molecule has 1 fully saturated rings. The molecule has 102 valence electrons. The van der Waals surface area contributed by atoms with Crippen LogP contribution < -0.4 is 5.56 Å². The Hall–Kier alpha value is -1.67. The van der Waals surface area contributed by atoms with Crippen molar-refractivity contribution < 1.29 is 5.11 Å². The summed E-state index contributed by atoms with van der Waals surface area (Å²) in [5.41, 5.74) is 0.162. The van der Waals surface area contributed by atoms with Gasteiger partial charge in [-0.2, -0.15) is 10.4 Å². The monoisotopic (exact) mass is 261 g/mol. The minimum absolute atomic E-state index is 0.131. The van der Waals surface area contributed by atoms with Crippen LogP contribution in [0.2, 0.25) is 0 Å². The van der Waals surface area contributed by atoms with Gasteiger partial charge >= 0.3 is 0 Å². The molecule has 0 atom stereocenters. The molecule has 0 bridgehead atoms. The van der Waals surface area contributed by atoms with Gasteiger partial charge in [0.25, 0.3) is 5.56 Å². The van der Waals surface area contributed by atoms with Crippen LogP contribution in [-0.2, 0) is 6.54 Å². The van der Waals surface area contributed by atoms with Gasteiger partial charge in [0.1, 0.15) is 11.6 Å². The summed E-state index contributed by atoms with van der Waals surface area (Å²) < 4.78 is 1.26. The van der Waals surface area contributed by atoms with Gasteiger partial charge in [0.2, 0.25) is 0 Å². The highest BCUT2D eigenvalue weighted by atomic mass is 16.3. The number of aryl methyl sites for hydroxylation is 1. The van der Waals surface area contributed by atoms with E-state index in [-0.39, 0.29) is 12.1 Å². The Kier molecular flexibility index (Phi) is 3.72. The van der Waals surface area contributed by atoms with E-state index in [4.69, 9.17) is 5.26 Å². The normalized spacial score (nSPS) is 18.0. The molecule has 1 aromatic heterocycles. The summed E-state index contributed by atoms with van der Waals surface area (Å²) in [7, 11) is 0. The highest BCUT2D eigenvalue weighted by Gasteiger charge is 2.31. The Balaban J connectivity index is 2.39. The van der Waals surface area contributed by atoms with Crippen LogP contribution in [0.15, 0.2) is 4.79 Å². The molecular weight excluding hydrogens is 242 g/mol. The molecule has 1 aliphatic carbocycles. The Bertz CT molecular complexity index is 578. The van der Waals surface area contributed by atoms with Crippen molar-refractivity contribution in [2.45, 2.75) is 58.1 Å². The third-order valence-electron chi connectivity index (χ3n) is 3.98. The average Bonchev–Trinajstić information content (AvgIpc) is 2.37. The molecule has 1 aliphatic rings. The van der Waals surface area contributed by atoms with Gasteiger partial charge < -0.3 is 5.11 Å². The maximum Gasteiger partial charge on any atom is 0.285 e. The highest BCUT2D eigenvalue weighted by molar-refractivity contribution is 5.36. The van der Waals surface area contributed by atoms with Crippen molar-refractivity contribution in [1.82, 2.24) is 9.78 Å². The fourth-order valence-corrected chi connectivity index (χ4v) is 2.66. The minimum Gasteiger partial charge on any atom is -0.388 e. The molecule has 1 aromatic rings. The maximum absolute atomic E-state index is 12.2. The molecule has 0 radical (unpaired) electrons. The molecule has 1 heterocycles. The van der Waals surface area contributed by atoms with Crippen LogP contribution in [0, 0.1) is 25.2 Å². The number of aliphatic hydroxyl groups is 1. The summed E-state index contributed by atoms with van der Waals surface area (Å²) in [4.78, 5) is 12.2. The van der Waals surface area contributed by atoms with Gasteiger partial charge in [-0.15, -0.1) is 0 Å². The van der Waals surface area contributed by atoms with Crippen LogP contribution in [0.25, 0.3) is 0 Å². The third-order valence-corrected chi connectivity index (χ3v) is 3.98. The zero-order chi connectivity index (χ0) is 14.0. The molecule has 2 rings (SSSR count). The molecule has 0 unspecified atom stereocenters. The quantitative estimate of drug-likeness (QED) is 0.873. The van der Waals surface area contributed by atoms with Gasteiger partial charge in [0, 0.05) is 0 Å². The molecule has 0 aliphatic heterocycles. The molecular formula is C14H19N3O2. The van der Waals surface area contributed by atoms with E-state index in [1.54, 1.807) is 13.8 Å². The summed E-state index contributed by atoms with van der Waals surface area (Å²) in [6.07, 6.45) is 4.45. The topological polar surface area (TPSA) is 78.9 Å². The van der Waals surface area contributed by atoms with Crippen LogP contribution in [0.1, 0.15) is 48.9 Å². The van der Waals surface area contributed by atoms with E-state index in [0.29, 0.717) is 24.1 Å². The fraction of sp³-hybridized carbons (Fsp3) is 0.643. The second-order valence-electron chi connectivity index (χ2n) is 5.45. The number of hydrogen-bond acceptors (Lipinski definition) is 4. The third kappa shape index (κ3) is 2.69. The fourth-order valence-electron chi connectivity index (χ4n) is 2.66. The zero-order valence-corrected chi connectivity index (χ0v) is 11.4. The van der Waals surface area contributed by atoms with Crippen molar-refractivity contribution in [3.63, 3.8) is 0 Å². The molecule has 0 spiro atoms. The number of rotatable bonds is 2. The number of nitriles is 1. The smallest absolute Gasteiger partial charge is 0.285 e. The van der Waals surface area contributed by atoms with Gasteiger partial charge in [-0.3, -0.25) is 4.79 Å². The van der Waals surface area contributed by atoms with E-state index in [2.05, 4.69) is 5.10 Å². The maximum atomic E-state index is 12.2.